The summed E-state index contributed by atoms with van der Waals surface area (Å²) in [5, 5.41) is 12.9. The lowest BCUT2D eigenvalue weighted by atomic mass is 10.1. The summed E-state index contributed by atoms with van der Waals surface area (Å²) < 4.78 is 5.39. The van der Waals surface area contributed by atoms with Crippen LogP contribution in [-0.2, 0) is 11.3 Å². The average molecular weight is 251 g/mol. The second-order valence-corrected chi connectivity index (χ2v) is 5.21. The third kappa shape index (κ3) is 6.74. The summed E-state index contributed by atoms with van der Waals surface area (Å²) in [6, 6.07) is 8.36. The highest BCUT2D eigenvalue weighted by Crippen LogP contribution is 2.03. The van der Waals surface area contributed by atoms with Crippen LogP contribution in [0.2, 0.25) is 0 Å². The quantitative estimate of drug-likeness (QED) is 0.743. The summed E-state index contributed by atoms with van der Waals surface area (Å²) in [7, 11) is 0. The molecule has 0 fully saturated rings. The third-order valence-corrected chi connectivity index (χ3v) is 2.55. The summed E-state index contributed by atoms with van der Waals surface area (Å²) in [5.41, 5.74) is 2.50. The molecule has 1 atom stereocenters. The first-order valence-corrected chi connectivity index (χ1v) is 6.60. The fourth-order valence-electron chi connectivity index (χ4n) is 1.70. The number of aliphatic hydroxyl groups is 1. The SMILES string of the molecule is Cc1cccc(CNCC(O)COCC(C)C)c1. The Bertz CT molecular complexity index is 339. The minimum atomic E-state index is -0.437. The Balaban J connectivity index is 2.13. The van der Waals surface area contributed by atoms with Gasteiger partial charge in [0.1, 0.15) is 0 Å². The van der Waals surface area contributed by atoms with E-state index < -0.39 is 6.10 Å². The first-order valence-electron chi connectivity index (χ1n) is 6.60. The molecule has 0 saturated heterocycles. The Labute approximate surface area is 110 Å². The van der Waals surface area contributed by atoms with Crippen LogP contribution in [0.25, 0.3) is 0 Å². The van der Waals surface area contributed by atoms with Gasteiger partial charge < -0.3 is 15.2 Å². The van der Waals surface area contributed by atoms with Crippen LogP contribution in [0.5, 0.6) is 0 Å². The van der Waals surface area contributed by atoms with Crippen molar-refractivity contribution in [3.8, 4) is 0 Å². The van der Waals surface area contributed by atoms with Crippen LogP contribution in [-0.4, -0.2) is 31.0 Å². The Kier molecular flexibility index (Phi) is 6.94. The molecule has 0 bridgehead atoms. The average Bonchev–Trinajstić information content (AvgIpc) is 2.28. The van der Waals surface area contributed by atoms with Crippen molar-refractivity contribution in [2.24, 2.45) is 5.92 Å². The van der Waals surface area contributed by atoms with E-state index in [0.717, 1.165) is 6.54 Å². The maximum absolute atomic E-state index is 9.71. The van der Waals surface area contributed by atoms with Crippen LogP contribution in [0.15, 0.2) is 24.3 Å². The van der Waals surface area contributed by atoms with Crippen molar-refractivity contribution in [2.75, 3.05) is 19.8 Å². The Morgan fingerprint density at radius 3 is 2.72 bits per heavy atom. The number of nitrogens with one attached hydrogen (secondary N) is 1. The van der Waals surface area contributed by atoms with Crippen molar-refractivity contribution >= 4 is 0 Å². The summed E-state index contributed by atoms with van der Waals surface area (Å²) >= 11 is 0. The van der Waals surface area contributed by atoms with Crippen LogP contribution < -0.4 is 5.32 Å². The second-order valence-electron chi connectivity index (χ2n) is 5.21. The van der Waals surface area contributed by atoms with Crippen molar-refractivity contribution in [1.82, 2.24) is 5.32 Å². The molecule has 0 aliphatic heterocycles. The van der Waals surface area contributed by atoms with Crippen molar-refractivity contribution in [3.63, 3.8) is 0 Å². The van der Waals surface area contributed by atoms with Gasteiger partial charge in [0.2, 0.25) is 0 Å². The molecule has 3 nitrogen and oxygen atoms in total. The van der Waals surface area contributed by atoms with Gasteiger partial charge in [-0.3, -0.25) is 0 Å². The standard InChI is InChI=1S/C15H25NO2/c1-12(2)10-18-11-15(17)9-16-8-14-6-4-5-13(3)7-14/h4-7,12,15-17H,8-11H2,1-3H3. The number of benzene rings is 1. The predicted octanol–water partition coefficient (Wildman–Crippen LogP) is 2.12. The highest BCUT2D eigenvalue weighted by atomic mass is 16.5. The topological polar surface area (TPSA) is 41.5 Å². The van der Waals surface area contributed by atoms with Crippen LogP contribution in [0.4, 0.5) is 0 Å². The van der Waals surface area contributed by atoms with Crippen molar-refractivity contribution in [1.29, 1.82) is 0 Å². The Morgan fingerprint density at radius 1 is 1.28 bits per heavy atom. The molecule has 102 valence electrons. The van der Waals surface area contributed by atoms with Crippen molar-refractivity contribution in [3.05, 3.63) is 35.4 Å². The number of rotatable bonds is 8. The zero-order valence-electron chi connectivity index (χ0n) is 11.6. The molecule has 1 aromatic carbocycles. The van der Waals surface area contributed by atoms with Gasteiger partial charge in [-0.2, -0.15) is 0 Å². The van der Waals surface area contributed by atoms with Crippen LogP contribution in [0, 0.1) is 12.8 Å². The van der Waals surface area contributed by atoms with Gasteiger partial charge in [-0.1, -0.05) is 43.7 Å². The molecule has 1 unspecified atom stereocenters. The molecule has 2 N–H and O–H groups in total. The van der Waals surface area contributed by atoms with E-state index in [1.165, 1.54) is 11.1 Å². The zero-order chi connectivity index (χ0) is 13.4. The van der Waals surface area contributed by atoms with Gasteiger partial charge in [0.25, 0.3) is 0 Å². The van der Waals surface area contributed by atoms with Crippen LogP contribution in [0.3, 0.4) is 0 Å². The lowest BCUT2D eigenvalue weighted by Crippen LogP contribution is -2.30. The van der Waals surface area contributed by atoms with Gasteiger partial charge >= 0.3 is 0 Å². The smallest absolute Gasteiger partial charge is 0.0897 e. The maximum Gasteiger partial charge on any atom is 0.0897 e. The van der Waals surface area contributed by atoms with E-state index in [1.54, 1.807) is 0 Å². The normalized spacial score (nSPS) is 12.9. The first kappa shape index (κ1) is 15.2. The molecule has 18 heavy (non-hydrogen) atoms. The molecule has 0 aromatic heterocycles. The number of hydrogen-bond donors (Lipinski definition) is 2. The zero-order valence-corrected chi connectivity index (χ0v) is 11.6. The molecule has 1 aromatic rings. The summed E-state index contributed by atoms with van der Waals surface area (Å²) in [5.74, 6) is 0.512. The minimum absolute atomic E-state index is 0.402. The number of ether oxygens (including phenoxy) is 1. The largest absolute Gasteiger partial charge is 0.389 e. The Morgan fingerprint density at radius 2 is 2.06 bits per heavy atom. The third-order valence-electron chi connectivity index (χ3n) is 2.55. The lowest BCUT2D eigenvalue weighted by Gasteiger charge is -2.13. The van der Waals surface area contributed by atoms with E-state index in [-0.39, 0.29) is 0 Å². The molecular formula is C15H25NO2. The van der Waals surface area contributed by atoms with Gasteiger partial charge in [0.05, 0.1) is 12.7 Å². The van der Waals surface area contributed by atoms with E-state index in [9.17, 15) is 5.11 Å². The monoisotopic (exact) mass is 251 g/mol. The Hall–Kier alpha value is -0.900. The van der Waals surface area contributed by atoms with Crippen LogP contribution in [0.1, 0.15) is 25.0 Å². The number of hydrogen-bond acceptors (Lipinski definition) is 3. The van der Waals surface area contributed by atoms with E-state index in [4.69, 9.17) is 4.74 Å². The van der Waals surface area contributed by atoms with Gasteiger partial charge in [-0.15, -0.1) is 0 Å². The molecule has 3 heteroatoms. The molecule has 0 amide bonds. The van der Waals surface area contributed by atoms with Crippen molar-refractivity contribution in [2.45, 2.75) is 33.4 Å². The molecule has 0 radical (unpaired) electrons. The molecule has 0 spiro atoms. The van der Waals surface area contributed by atoms with Crippen LogP contribution >= 0.6 is 0 Å². The predicted molar refractivity (Wildman–Crippen MR) is 74.5 cm³/mol. The summed E-state index contributed by atoms with van der Waals surface area (Å²) in [6.07, 6.45) is -0.437. The number of aliphatic hydroxyl groups excluding tert-OH is 1. The summed E-state index contributed by atoms with van der Waals surface area (Å²) in [6.45, 7) is 8.73. The number of aryl methyl sites for hydroxylation is 1. The maximum atomic E-state index is 9.71. The highest BCUT2D eigenvalue weighted by molar-refractivity contribution is 5.21. The summed E-state index contributed by atoms with van der Waals surface area (Å²) in [4.78, 5) is 0. The fraction of sp³-hybridized carbons (Fsp3) is 0.600. The lowest BCUT2D eigenvalue weighted by molar-refractivity contribution is 0.0260. The highest BCUT2D eigenvalue weighted by Gasteiger charge is 2.04. The van der Waals surface area contributed by atoms with Gasteiger partial charge in [0, 0.05) is 19.7 Å². The molecular weight excluding hydrogens is 226 g/mol. The molecule has 0 saturated carbocycles. The minimum Gasteiger partial charge on any atom is -0.389 e. The molecule has 0 aliphatic rings. The molecule has 0 aliphatic carbocycles. The van der Waals surface area contributed by atoms with Gasteiger partial charge in [0.15, 0.2) is 0 Å². The second kappa shape index (κ2) is 8.25. The van der Waals surface area contributed by atoms with E-state index in [0.29, 0.717) is 25.7 Å². The van der Waals surface area contributed by atoms with E-state index in [2.05, 4.69) is 50.4 Å². The fourth-order valence-corrected chi connectivity index (χ4v) is 1.70. The van der Waals surface area contributed by atoms with Crippen molar-refractivity contribution < 1.29 is 9.84 Å². The van der Waals surface area contributed by atoms with Gasteiger partial charge in [-0.25, -0.2) is 0 Å². The molecule has 0 heterocycles. The van der Waals surface area contributed by atoms with E-state index >= 15 is 0 Å². The van der Waals surface area contributed by atoms with E-state index in [1.807, 2.05) is 0 Å². The molecule has 1 rings (SSSR count). The first-order chi connectivity index (χ1) is 8.58. The van der Waals surface area contributed by atoms with Gasteiger partial charge in [-0.05, 0) is 18.4 Å².